The standard InChI is InChI=1S/CH4.Cr.2Fe/h1H4;;;. The Bertz CT molecular complexity index is 6.00. The molecule has 0 radical (unpaired) electrons. The first kappa shape index (κ1) is 47.1. The van der Waals surface area contributed by atoms with E-state index >= 15 is 0 Å². The van der Waals surface area contributed by atoms with E-state index in [1.54, 1.807) is 0 Å². The van der Waals surface area contributed by atoms with Crippen LogP contribution in [0, 0.1) is 0 Å². The average molecular weight is 180 g/mol. The molecule has 0 atom stereocenters. The fourth-order valence-corrected chi connectivity index (χ4v) is 0. The summed E-state index contributed by atoms with van der Waals surface area (Å²) in [6.45, 7) is 0. The van der Waals surface area contributed by atoms with E-state index in [9.17, 15) is 0 Å². The van der Waals surface area contributed by atoms with E-state index in [0.29, 0.717) is 0 Å². The summed E-state index contributed by atoms with van der Waals surface area (Å²) < 4.78 is 0. The third-order valence-electron chi connectivity index (χ3n) is 0. The maximum Gasteiger partial charge on any atom is 0 e. The predicted octanol–water partition coefficient (Wildman–Crippen LogP) is 0.629. The van der Waals surface area contributed by atoms with Crippen LogP contribution < -0.4 is 0 Å². The molecule has 0 saturated heterocycles. The molecule has 4 heavy (non-hydrogen) atoms. The number of hydrogen-bond donors (Lipinski definition) is 0. The zero-order chi connectivity index (χ0) is 0. The van der Waals surface area contributed by atoms with Gasteiger partial charge in [-0.25, -0.2) is 0 Å². The summed E-state index contributed by atoms with van der Waals surface area (Å²) in [6, 6.07) is 0. The van der Waals surface area contributed by atoms with Crippen LogP contribution in [-0.2, 0) is 51.5 Å². The smallest absolute Gasteiger partial charge is 0 e. The van der Waals surface area contributed by atoms with E-state index in [-0.39, 0.29) is 58.9 Å². The molecule has 0 aliphatic carbocycles. The van der Waals surface area contributed by atoms with Crippen molar-refractivity contribution in [3.05, 3.63) is 0 Å². The normalized spacial score (nSPS) is 0. The van der Waals surface area contributed by atoms with Crippen molar-refractivity contribution in [2.75, 3.05) is 0 Å². The third-order valence-corrected chi connectivity index (χ3v) is 0. The minimum atomic E-state index is 0. The maximum absolute atomic E-state index is 0. The second-order valence-corrected chi connectivity index (χ2v) is 0. The van der Waals surface area contributed by atoms with E-state index < -0.39 is 0 Å². The van der Waals surface area contributed by atoms with Crippen molar-refractivity contribution in [3.63, 3.8) is 0 Å². The van der Waals surface area contributed by atoms with Gasteiger partial charge in [-0.1, -0.05) is 7.43 Å². The molecule has 0 aliphatic rings. The van der Waals surface area contributed by atoms with Crippen molar-refractivity contribution >= 4 is 0 Å². The van der Waals surface area contributed by atoms with Gasteiger partial charge in [-0.3, -0.25) is 0 Å². The fraction of sp³-hybridized carbons (Fsp3) is 1.00. The van der Waals surface area contributed by atoms with Crippen LogP contribution in [-0.4, -0.2) is 0 Å². The zero-order valence-corrected chi connectivity index (χ0v) is 4.60. The Kier molecular flexibility index (Phi) is 278. The number of hydrogen-bond acceptors (Lipinski definition) is 0. The van der Waals surface area contributed by atoms with Gasteiger partial charge in [-0.05, 0) is 0 Å². The van der Waals surface area contributed by atoms with Crippen LogP contribution in [0.3, 0.4) is 0 Å². The summed E-state index contributed by atoms with van der Waals surface area (Å²) in [7, 11) is 0. The van der Waals surface area contributed by atoms with Crippen LogP contribution in [0.1, 0.15) is 7.43 Å². The molecular formula is CH4CrFe2. The van der Waals surface area contributed by atoms with Crippen molar-refractivity contribution in [1.29, 1.82) is 0 Å². The second-order valence-electron chi connectivity index (χ2n) is 0. The molecule has 0 fully saturated rings. The first-order valence-corrected chi connectivity index (χ1v) is 0. The van der Waals surface area contributed by atoms with E-state index in [1.165, 1.54) is 0 Å². The molecule has 0 bridgehead atoms. The average Bonchev–Trinajstić information content (AvgIpc) is 0. The van der Waals surface area contributed by atoms with Crippen LogP contribution in [0.25, 0.3) is 0 Å². The molecule has 0 N–H and O–H groups in total. The Hall–Kier alpha value is 1.57. The molecular weight excluding hydrogens is 176 g/mol. The molecule has 0 aliphatic heterocycles. The first-order valence-electron chi connectivity index (χ1n) is 0. The molecule has 3 heteroatoms. The minimum absolute atomic E-state index is 0. The Morgan fingerprint density at radius 2 is 0.750 bits per heavy atom. The van der Waals surface area contributed by atoms with Crippen molar-refractivity contribution in [1.82, 2.24) is 0 Å². The van der Waals surface area contributed by atoms with E-state index in [2.05, 4.69) is 0 Å². The molecule has 0 spiro atoms. The van der Waals surface area contributed by atoms with Crippen LogP contribution in [0.5, 0.6) is 0 Å². The van der Waals surface area contributed by atoms with Crippen molar-refractivity contribution in [2.45, 2.75) is 7.43 Å². The Labute approximate surface area is 58.8 Å². The Morgan fingerprint density at radius 3 is 0.750 bits per heavy atom. The molecule has 0 rings (SSSR count). The summed E-state index contributed by atoms with van der Waals surface area (Å²) in [5, 5.41) is 0. The van der Waals surface area contributed by atoms with Crippen LogP contribution in [0.2, 0.25) is 0 Å². The van der Waals surface area contributed by atoms with E-state index in [1.807, 2.05) is 0 Å². The first-order chi connectivity index (χ1) is 0. The molecule has 0 saturated carbocycles. The SMILES string of the molecule is C.[Cr].[Fe].[Fe]. The van der Waals surface area contributed by atoms with Crippen molar-refractivity contribution in [3.8, 4) is 0 Å². The van der Waals surface area contributed by atoms with E-state index in [4.69, 9.17) is 0 Å². The van der Waals surface area contributed by atoms with E-state index in [0.717, 1.165) is 0 Å². The molecule has 30 valence electrons. The fourth-order valence-electron chi connectivity index (χ4n) is 0. The predicted molar refractivity (Wildman–Crippen MR) is 6.73 cm³/mol. The molecule has 0 unspecified atom stereocenters. The summed E-state index contributed by atoms with van der Waals surface area (Å²) in [5.74, 6) is 0. The molecule has 0 heterocycles. The molecule has 0 nitrogen and oxygen atoms in total. The van der Waals surface area contributed by atoms with Crippen LogP contribution in [0.15, 0.2) is 0 Å². The van der Waals surface area contributed by atoms with Crippen LogP contribution in [0.4, 0.5) is 0 Å². The topological polar surface area (TPSA) is 0 Å². The Morgan fingerprint density at radius 1 is 0.750 bits per heavy atom. The van der Waals surface area contributed by atoms with Gasteiger partial charge in [-0.15, -0.1) is 0 Å². The van der Waals surface area contributed by atoms with Gasteiger partial charge in [0, 0.05) is 51.5 Å². The van der Waals surface area contributed by atoms with Gasteiger partial charge >= 0.3 is 0 Å². The third kappa shape index (κ3) is 9.56. The van der Waals surface area contributed by atoms with Gasteiger partial charge < -0.3 is 0 Å². The van der Waals surface area contributed by atoms with Gasteiger partial charge in [0.25, 0.3) is 0 Å². The summed E-state index contributed by atoms with van der Waals surface area (Å²) in [4.78, 5) is 0. The monoisotopic (exact) mass is 180 g/mol. The van der Waals surface area contributed by atoms with Gasteiger partial charge in [0.2, 0.25) is 0 Å². The molecule has 0 aromatic carbocycles. The van der Waals surface area contributed by atoms with Gasteiger partial charge in [0.15, 0.2) is 0 Å². The molecule has 0 aromatic rings. The second kappa shape index (κ2) is 23.6. The largest absolute Gasteiger partial charge is 0.0776 e. The summed E-state index contributed by atoms with van der Waals surface area (Å²) in [5.41, 5.74) is 0. The Balaban J connectivity index is 0. The summed E-state index contributed by atoms with van der Waals surface area (Å²) >= 11 is 0. The van der Waals surface area contributed by atoms with Crippen molar-refractivity contribution < 1.29 is 51.5 Å². The van der Waals surface area contributed by atoms with Crippen LogP contribution >= 0.6 is 0 Å². The zero-order valence-electron chi connectivity index (χ0n) is 1.12. The van der Waals surface area contributed by atoms with Gasteiger partial charge in [0.05, 0.1) is 0 Å². The summed E-state index contributed by atoms with van der Waals surface area (Å²) in [6.07, 6.45) is 0. The van der Waals surface area contributed by atoms with Gasteiger partial charge in [-0.2, -0.15) is 0 Å². The van der Waals surface area contributed by atoms with Gasteiger partial charge in [0.1, 0.15) is 0 Å². The quantitative estimate of drug-likeness (QED) is 0.479. The maximum atomic E-state index is 0. The molecule has 0 aromatic heterocycles. The minimum Gasteiger partial charge on any atom is -0.0776 e. The van der Waals surface area contributed by atoms with Crippen molar-refractivity contribution in [2.24, 2.45) is 0 Å². The number of rotatable bonds is 0. The molecule has 0 amide bonds.